The first kappa shape index (κ1) is 21.4. The second kappa shape index (κ2) is 11.0. The van der Waals surface area contributed by atoms with Crippen LogP contribution in [0.3, 0.4) is 0 Å². The van der Waals surface area contributed by atoms with Crippen molar-refractivity contribution in [1.82, 2.24) is 0 Å². The molecule has 0 radical (unpaired) electrons. The van der Waals surface area contributed by atoms with E-state index in [9.17, 15) is 4.79 Å². The SMILES string of the molecule is CCCOc1ccccc1NC(=O)CO/N=C/c1cc(Cl)c(OC)c(OC)c1. The molecule has 0 spiro atoms. The summed E-state index contributed by atoms with van der Waals surface area (Å²) in [5, 5.41) is 6.91. The number of amides is 1. The van der Waals surface area contributed by atoms with Gasteiger partial charge < -0.3 is 24.4 Å². The van der Waals surface area contributed by atoms with E-state index >= 15 is 0 Å². The fraction of sp³-hybridized carbons (Fsp3) is 0.300. The van der Waals surface area contributed by atoms with Gasteiger partial charge in [0.25, 0.3) is 5.91 Å². The highest BCUT2D eigenvalue weighted by Gasteiger charge is 2.10. The molecule has 28 heavy (non-hydrogen) atoms. The van der Waals surface area contributed by atoms with Crippen LogP contribution in [-0.2, 0) is 9.63 Å². The maximum Gasteiger partial charge on any atom is 0.265 e. The molecule has 0 bridgehead atoms. The number of carbonyl (C=O) groups excluding carboxylic acids is 1. The quantitative estimate of drug-likeness (QED) is 0.474. The van der Waals surface area contributed by atoms with Gasteiger partial charge >= 0.3 is 0 Å². The lowest BCUT2D eigenvalue weighted by atomic mass is 10.2. The lowest BCUT2D eigenvalue weighted by molar-refractivity contribution is -0.120. The number of para-hydroxylation sites is 2. The molecule has 0 fully saturated rings. The third kappa shape index (κ3) is 6.06. The van der Waals surface area contributed by atoms with E-state index in [4.69, 9.17) is 30.6 Å². The van der Waals surface area contributed by atoms with Gasteiger partial charge in [-0.1, -0.05) is 35.8 Å². The zero-order valence-electron chi connectivity index (χ0n) is 16.0. The maximum atomic E-state index is 12.1. The molecular weight excluding hydrogens is 384 g/mol. The molecule has 0 aliphatic rings. The number of oxime groups is 1. The van der Waals surface area contributed by atoms with Crippen LogP contribution in [0, 0.1) is 0 Å². The van der Waals surface area contributed by atoms with E-state index in [1.807, 2.05) is 19.1 Å². The number of ether oxygens (including phenoxy) is 3. The van der Waals surface area contributed by atoms with Crippen molar-refractivity contribution in [2.45, 2.75) is 13.3 Å². The molecule has 0 atom stereocenters. The minimum absolute atomic E-state index is 0.250. The van der Waals surface area contributed by atoms with E-state index in [1.165, 1.54) is 20.4 Å². The second-order valence-electron chi connectivity index (χ2n) is 5.64. The molecule has 2 aromatic carbocycles. The Kier molecular flexibility index (Phi) is 8.42. The topological polar surface area (TPSA) is 78.4 Å². The van der Waals surface area contributed by atoms with Gasteiger partial charge in [0.15, 0.2) is 18.1 Å². The third-order valence-electron chi connectivity index (χ3n) is 3.55. The zero-order valence-corrected chi connectivity index (χ0v) is 16.8. The number of nitrogens with one attached hydrogen (secondary N) is 1. The molecule has 7 nitrogen and oxygen atoms in total. The van der Waals surface area contributed by atoms with Crippen molar-refractivity contribution in [3.05, 3.63) is 47.0 Å². The van der Waals surface area contributed by atoms with Crippen LogP contribution in [0.1, 0.15) is 18.9 Å². The smallest absolute Gasteiger partial charge is 0.265 e. The standard InChI is InChI=1S/C20H23ClN2O5/c1-4-9-27-17-8-6-5-7-16(17)23-19(24)13-28-22-12-14-10-15(21)20(26-3)18(11-14)25-2/h5-8,10-12H,4,9,13H2,1-3H3,(H,23,24)/b22-12+. The Morgan fingerprint density at radius 2 is 1.96 bits per heavy atom. The summed E-state index contributed by atoms with van der Waals surface area (Å²) in [6.07, 6.45) is 2.31. The molecule has 0 saturated heterocycles. The molecule has 150 valence electrons. The number of halogens is 1. The molecule has 2 rings (SSSR count). The highest BCUT2D eigenvalue weighted by atomic mass is 35.5. The van der Waals surface area contributed by atoms with Gasteiger partial charge in [-0.05, 0) is 30.7 Å². The van der Waals surface area contributed by atoms with Gasteiger partial charge in [0.2, 0.25) is 0 Å². The number of hydrogen-bond donors (Lipinski definition) is 1. The number of benzene rings is 2. The summed E-state index contributed by atoms with van der Waals surface area (Å²) < 4.78 is 16.0. The van der Waals surface area contributed by atoms with Crippen LogP contribution in [-0.4, -0.2) is 39.6 Å². The number of rotatable bonds is 10. The van der Waals surface area contributed by atoms with Crippen molar-refractivity contribution in [2.75, 3.05) is 32.8 Å². The van der Waals surface area contributed by atoms with Crippen molar-refractivity contribution in [2.24, 2.45) is 5.16 Å². The van der Waals surface area contributed by atoms with E-state index in [0.29, 0.717) is 40.1 Å². The largest absolute Gasteiger partial charge is 0.493 e. The molecule has 8 heteroatoms. The lowest BCUT2D eigenvalue weighted by Crippen LogP contribution is -2.17. The average Bonchev–Trinajstić information content (AvgIpc) is 2.70. The molecule has 0 heterocycles. The summed E-state index contributed by atoms with van der Waals surface area (Å²) in [7, 11) is 3.02. The van der Waals surface area contributed by atoms with Crippen molar-refractivity contribution in [1.29, 1.82) is 0 Å². The maximum absolute atomic E-state index is 12.1. The van der Waals surface area contributed by atoms with Crippen LogP contribution < -0.4 is 19.5 Å². The molecule has 0 aliphatic heterocycles. The van der Waals surface area contributed by atoms with E-state index < -0.39 is 0 Å². The third-order valence-corrected chi connectivity index (χ3v) is 3.83. The van der Waals surface area contributed by atoms with Gasteiger partial charge in [0, 0.05) is 5.56 Å². The first-order chi connectivity index (χ1) is 13.6. The average molecular weight is 407 g/mol. The Morgan fingerprint density at radius 1 is 1.18 bits per heavy atom. The number of carbonyl (C=O) groups is 1. The normalized spacial score (nSPS) is 10.6. The van der Waals surface area contributed by atoms with E-state index in [2.05, 4.69) is 10.5 Å². The molecule has 0 unspecified atom stereocenters. The molecular formula is C20H23ClN2O5. The Morgan fingerprint density at radius 3 is 2.68 bits per heavy atom. The van der Waals surface area contributed by atoms with Crippen LogP contribution in [0.4, 0.5) is 5.69 Å². The van der Waals surface area contributed by atoms with Crippen molar-refractivity contribution in [3.8, 4) is 17.2 Å². The molecule has 1 N–H and O–H groups in total. The Hall–Kier alpha value is -2.93. The van der Waals surface area contributed by atoms with E-state index in [0.717, 1.165) is 6.42 Å². The lowest BCUT2D eigenvalue weighted by Gasteiger charge is -2.11. The Labute approximate surface area is 169 Å². The number of nitrogens with zero attached hydrogens (tertiary/aromatic N) is 1. The van der Waals surface area contributed by atoms with Crippen LogP contribution in [0.25, 0.3) is 0 Å². The fourth-order valence-corrected chi connectivity index (χ4v) is 2.60. The molecule has 0 saturated carbocycles. The van der Waals surface area contributed by atoms with Gasteiger partial charge in [-0.15, -0.1) is 0 Å². The fourth-order valence-electron chi connectivity index (χ4n) is 2.30. The van der Waals surface area contributed by atoms with Crippen molar-refractivity contribution < 1.29 is 23.8 Å². The summed E-state index contributed by atoms with van der Waals surface area (Å²) in [6.45, 7) is 2.33. The van der Waals surface area contributed by atoms with Gasteiger partial charge in [0.1, 0.15) is 5.75 Å². The molecule has 2 aromatic rings. The van der Waals surface area contributed by atoms with Crippen LogP contribution in [0.2, 0.25) is 5.02 Å². The summed E-state index contributed by atoms with van der Waals surface area (Å²) in [5.74, 6) is 1.17. The Bertz CT molecular complexity index is 826. The monoisotopic (exact) mass is 406 g/mol. The van der Waals surface area contributed by atoms with Gasteiger partial charge in [-0.2, -0.15) is 0 Å². The van der Waals surface area contributed by atoms with Gasteiger partial charge in [-0.3, -0.25) is 4.79 Å². The minimum Gasteiger partial charge on any atom is -0.493 e. The second-order valence-corrected chi connectivity index (χ2v) is 6.05. The summed E-state index contributed by atoms with van der Waals surface area (Å²) in [5.41, 5.74) is 1.22. The van der Waals surface area contributed by atoms with Crippen LogP contribution >= 0.6 is 11.6 Å². The van der Waals surface area contributed by atoms with Gasteiger partial charge in [-0.25, -0.2) is 0 Å². The summed E-state index contributed by atoms with van der Waals surface area (Å²) in [6, 6.07) is 10.6. The zero-order chi connectivity index (χ0) is 20.4. The van der Waals surface area contributed by atoms with Gasteiger partial charge in [0.05, 0.1) is 37.8 Å². The number of anilines is 1. The molecule has 0 aromatic heterocycles. The number of hydrogen-bond acceptors (Lipinski definition) is 6. The van der Waals surface area contributed by atoms with Crippen molar-refractivity contribution >= 4 is 29.4 Å². The highest BCUT2D eigenvalue weighted by Crippen LogP contribution is 2.35. The van der Waals surface area contributed by atoms with E-state index in [-0.39, 0.29) is 12.5 Å². The van der Waals surface area contributed by atoms with E-state index in [1.54, 1.807) is 24.3 Å². The Balaban J connectivity index is 1.91. The first-order valence-corrected chi connectivity index (χ1v) is 9.05. The van der Waals surface area contributed by atoms with Crippen molar-refractivity contribution in [3.63, 3.8) is 0 Å². The summed E-state index contributed by atoms with van der Waals surface area (Å²) >= 11 is 6.13. The summed E-state index contributed by atoms with van der Waals surface area (Å²) in [4.78, 5) is 17.1. The molecule has 0 aliphatic carbocycles. The number of methoxy groups -OCH3 is 2. The first-order valence-electron chi connectivity index (χ1n) is 8.67. The predicted molar refractivity (Wildman–Crippen MR) is 109 cm³/mol. The minimum atomic E-state index is -0.352. The predicted octanol–water partition coefficient (Wildman–Crippen LogP) is 4.14. The van der Waals surface area contributed by atoms with Crippen LogP contribution in [0.5, 0.6) is 17.2 Å². The van der Waals surface area contributed by atoms with Crippen LogP contribution in [0.15, 0.2) is 41.6 Å². The molecule has 1 amide bonds. The highest BCUT2D eigenvalue weighted by molar-refractivity contribution is 6.32.